The van der Waals surface area contributed by atoms with Crippen molar-refractivity contribution in [3.63, 3.8) is 0 Å². The summed E-state index contributed by atoms with van der Waals surface area (Å²) >= 11 is 0. The van der Waals surface area contributed by atoms with E-state index in [1.54, 1.807) is 6.07 Å². The average Bonchev–Trinajstić information content (AvgIpc) is 2.50. The van der Waals surface area contributed by atoms with E-state index in [4.69, 9.17) is 10.2 Å². The maximum absolute atomic E-state index is 11.0. The van der Waals surface area contributed by atoms with E-state index >= 15 is 0 Å². The number of hydrogen-bond donors (Lipinski definition) is 1. The third-order valence-corrected chi connectivity index (χ3v) is 2.72. The van der Waals surface area contributed by atoms with E-state index in [9.17, 15) is 8.42 Å². The zero-order chi connectivity index (χ0) is 10.1. The lowest BCUT2D eigenvalue weighted by Crippen LogP contribution is -2.07. The number of nitrogens with two attached hydrogens (primary N) is 1. The molecular formula is C8H14ClNO3S. The van der Waals surface area contributed by atoms with Gasteiger partial charge in [-0.15, -0.1) is 12.4 Å². The van der Waals surface area contributed by atoms with Crippen LogP contribution in [0.1, 0.15) is 25.1 Å². The van der Waals surface area contributed by atoms with Crippen molar-refractivity contribution in [2.75, 3.05) is 6.26 Å². The Labute approximate surface area is 89.8 Å². The van der Waals surface area contributed by atoms with Crippen molar-refractivity contribution >= 4 is 22.2 Å². The number of hydrogen-bond acceptors (Lipinski definition) is 4. The van der Waals surface area contributed by atoms with Gasteiger partial charge in [-0.25, -0.2) is 8.42 Å². The van der Waals surface area contributed by atoms with Gasteiger partial charge < -0.3 is 10.2 Å². The lowest BCUT2D eigenvalue weighted by atomic mass is 10.2. The third kappa shape index (κ3) is 3.01. The van der Waals surface area contributed by atoms with E-state index < -0.39 is 9.84 Å². The van der Waals surface area contributed by atoms with Gasteiger partial charge in [0.25, 0.3) is 0 Å². The van der Waals surface area contributed by atoms with Crippen LogP contribution in [0.25, 0.3) is 0 Å². The molecule has 0 saturated heterocycles. The average molecular weight is 240 g/mol. The second-order valence-electron chi connectivity index (χ2n) is 2.94. The minimum atomic E-state index is -3.25. The second kappa shape index (κ2) is 4.82. The van der Waals surface area contributed by atoms with Gasteiger partial charge in [0.05, 0.1) is 6.04 Å². The summed E-state index contributed by atoms with van der Waals surface area (Å²) in [4.78, 5) is 0. The van der Waals surface area contributed by atoms with Gasteiger partial charge in [-0.1, -0.05) is 6.92 Å². The molecular weight excluding hydrogens is 226 g/mol. The summed E-state index contributed by atoms with van der Waals surface area (Å²) in [6.07, 6.45) is 1.82. The van der Waals surface area contributed by atoms with E-state index in [0.29, 0.717) is 5.76 Å². The molecule has 1 rings (SSSR count). The highest BCUT2D eigenvalue weighted by molar-refractivity contribution is 7.90. The zero-order valence-corrected chi connectivity index (χ0v) is 9.69. The van der Waals surface area contributed by atoms with Gasteiger partial charge in [0.2, 0.25) is 14.9 Å². The number of sulfone groups is 1. The molecule has 6 heteroatoms. The lowest BCUT2D eigenvalue weighted by molar-refractivity contribution is 0.388. The SMILES string of the molecule is CCC(N)c1ccc(S(C)(=O)=O)o1.Cl. The van der Waals surface area contributed by atoms with Crippen LogP contribution in [0.3, 0.4) is 0 Å². The molecule has 1 heterocycles. The molecule has 0 radical (unpaired) electrons. The van der Waals surface area contributed by atoms with Gasteiger partial charge in [0.1, 0.15) is 5.76 Å². The Kier molecular flexibility index (Phi) is 4.64. The Bertz CT molecular complexity index is 385. The minimum absolute atomic E-state index is 0. The van der Waals surface area contributed by atoms with Crippen molar-refractivity contribution < 1.29 is 12.8 Å². The highest BCUT2D eigenvalue weighted by Gasteiger charge is 2.15. The summed E-state index contributed by atoms with van der Waals surface area (Å²) in [6, 6.07) is 2.81. The quantitative estimate of drug-likeness (QED) is 0.868. The van der Waals surface area contributed by atoms with Crippen molar-refractivity contribution in [2.24, 2.45) is 5.73 Å². The summed E-state index contributed by atoms with van der Waals surface area (Å²) in [6.45, 7) is 1.91. The molecule has 0 aliphatic heterocycles. The molecule has 1 atom stereocenters. The normalized spacial score (nSPS) is 13.4. The summed E-state index contributed by atoms with van der Waals surface area (Å²) in [5.74, 6) is 0.517. The summed E-state index contributed by atoms with van der Waals surface area (Å²) < 4.78 is 27.1. The van der Waals surface area contributed by atoms with Gasteiger partial charge in [-0.05, 0) is 18.6 Å². The molecule has 0 saturated carbocycles. The van der Waals surface area contributed by atoms with Crippen molar-refractivity contribution in [2.45, 2.75) is 24.5 Å². The molecule has 0 amide bonds. The predicted molar refractivity (Wildman–Crippen MR) is 56.3 cm³/mol. The molecule has 0 aliphatic rings. The molecule has 14 heavy (non-hydrogen) atoms. The van der Waals surface area contributed by atoms with Crippen LogP contribution in [0, 0.1) is 0 Å². The van der Waals surface area contributed by atoms with Crippen molar-refractivity contribution in [1.29, 1.82) is 0 Å². The summed E-state index contributed by atoms with van der Waals surface area (Å²) in [5, 5.41) is -0.0219. The predicted octanol–water partition coefficient (Wildman–Crippen LogP) is 1.51. The van der Waals surface area contributed by atoms with Crippen molar-refractivity contribution in [1.82, 2.24) is 0 Å². The van der Waals surface area contributed by atoms with Crippen molar-refractivity contribution in [3.05, 3.63) is 17.9 Å². The van der Waals surface area contributed by atoms with E-state index in [0.717, 1.165) is 12.7 Å². The smallest absolute Gasteiger partial charge is 0.217 e. The molecule has 4 nitrogen and oxygen atoms in total. The Morgan fingerprint density at radius 3 is 2.43 bits per heavy atom. The lowest BCUT2D eigenvalue weighted by Gasteiger charge is -2.02. The van der Waals surface area contributed by atoms with Gasteiger partial charge in [0, 0.05) is 6.26 Å². The van der Waals surface area contributed by atoms with Crippen LogP contribution in [0.15, 0.2) is 21.6 Å². The largest absolute Gasteiger partial charge is 0.448 e. The summed E-state index contributed by atoms with van der Waals surface area (Å²) in [7, 11) is -3.25. The fourth-order valence-corrected chi connectivity index (χ4v) is 1.50. The van der Waals surface area contributed by atoms with Gasteiger partial charge >= 0.3 is 0 Å². The van der Waals surface area contributed by atoms with Crippen LogP contribution in [0.2, 0.25) is 0 Å². The first-order valence-corrected chi connectivity index (χ1v) is 5.89. The molecule has 0 aromatic carbocycles. The standard InChI is InChI=1S/C8H13NO3S.ClH/c1-3-6(9)7-4-5-8(12-7)13(2,10)11;/h4-6H,3,9H2,1-2H3;1H. The van der Waals surface area contributed by atoms with Gasteiger partial charge in [-0.2, -0.15) is 0 Å². The second-order valence-corrected chi connectivity index (χ2v) is 4.89. The van der Waals surface area contributed by atoms with Crippen LogP contribution in [0.5, 0.6) is 0 Å². The van der Waals surface area contributed by atoms with Crippen LogP contribution in [-0.2, 0) is 9.84 Å². The molecule has 1 unspecified atom stereocenters. The Morgan fingerprint density at radius 2 is 2.07 bits per heavy atom. The first-order chi connectivity index (χ1) is 5.95. The number of rotatable bonds is 3. The first kappa shape index (κ1) is 13.5. The van der Waals surface area contributed by atoms with Crippen molar-refractivity contribution in [3.8, 4) is 0 Å². The molecule has 0 bridgehead atoms. The van der Waals surface area contributed by atoms with E-state index in [-0.39, 0.29) is 23.5 Å². The van der Waals surface area contributed by atoms with E-state index in [1.165, 1.54) is 6.07 Å². The molecule has 82 valence electrons. The van der Waals surface area contributed by atoms with Gasteiger partial charge in [0.15, 0.2) is 0 Å². The molecule has 1 aromatic rings. The molecule has 2 N–H and O–H groups in total. The Hall–Kier alpha value is -0.520. The van der Waals surface area contributed by atoms with E-state index in [2.05, 4.69) is 0 Å². The number of halogens is 1. The minimum Gasteiger partial charge on any atom is -0.448 e. The molecule has 1 aromatic heterocycles. The fourth-order valence-electron chi connectivity index (χ4n) is 0.934. The highest BCUT2D eigenvalue weighted by Crippen LogP contribution is 2.19. The Morgan fingerprint density at radius 1 is 1.50 bits per heavy atom. The maximum atomic E-state index is 11.0. The first-order valence-electron chi connectivity index (χ1n) is 4.00. The molecule has 0 spiro atoms. The van der Waals surface area contributed by atoms with Crippen LogP contribution < -0.4 is 5.73 Å². The molecule has 0 fully saturated rings. The van der Waals surface area contributed by atoms with E-state index in [1.807, 2.05) is 6.92 Å². The maximum Gasteiger partial charge on any atom is 0.217 e. The van der Waals surface area contributed by atoms with Crippen LogP contribution in [0.4, 0.5) is 0 Å². The highest BCUT2D eigenvalue weighted by atomic mass is 35.5. The van der Waals surface area contributed by atoms with Crippen LogP contribution in [-0.4, -0.2) is 14.7 Å². The number of furan rings is 1. The fraction of sp³-hybridized carbons (Fsp3) is 0.500. The Balaban J connectivity index is 0.00000169. The summed E-state index contributed by atoms with van der Waals surface area (Å²) in [5.41, 5.74) is 5.66. The third-order valence-electron chi connectivity index (χ3n) is 1.77. The van der Waals surface area contributed by atoms with Gasteiger partial charge in [-0.3, -0.25) is 0 Å². The molecule has 0 aliphatic carbocycles. The zero-order valence-electron chi connectivity index (χ0n) is 8.06. The topological polar surface area (TPSA) is 73.3 Å². The monoisotopic (exact) mass is 239 g/mol. The van der Waals surface area contributed by atoms with Crippen LogP contribution >= 0.6 is 12.4 Å².